The second kappa shape index (κ2) is 9.73. The summed E-state index contributed by atoms with van der Waals surface area (Å²) < 4.78 is 5.39. The number of rotatable bonds is 8. The van der Waals surface area contributed by atoms with Crippen molar-refractivity contribution in [1.82, 2.24) is 10.2 Å². The van der Waals surface area contributed by atoms with Gasteiger partial charge in [0.05, 0.1) is 6.61 Å². The van der Waals surface area contributed by atoms with Crippen molar-refractivity contribution in [2.45, 2.75) is 13.3 Å². The highest BCUT2D eigenvalue weighted by molar-refractivity contribution is 6.41. The Hall–Kier alpha value is -3.35. The van der Waals surface area contributed by atoms with E-state index in [1.165, 1.54) is 9.80 Å². The summed E-state index contributed by atoms with van der Waals surface area (Å²) in [7, 11) is 0. The molecule has 0 atom stereocenters. The molecule has 0 unspecified atom stereocenters. The highest BCUT2D eigenvalue weighted by Gasteiger charge is 2.34. The molecule has 2 aromatic rings. The molecular weight excluding hydrogens is 370 g/mol. The molecule has 29 heavy (non-hydrogen) atoms. The van der Waals surface area contributed by atoms with Crippen molar-refractivity contribution in [3.05, 3.63) is 60.2 Å². The number of carbonyl (C=O) groups excluding carboxylic acids is 3. The Morgan fingerprint density at radius 1 is 1.00 bits per heavy atom. The van der Waals surface area contributed by atoms with E-state index in [-0.39, 0.29) is 12.5 Å². The third-order valence-electron chi connectivity index (χ3n) is 4.68. The van der Waals surface area contributed by atoms with E-state index in [0.717, 1.165) is 5.56 Å². The van der Waals surface area contributed by atoms with Gasteiger partial charge in [-0.05, 0) is 43.2 Å². The van der Waals surface area contributed by atoms with Crippen molar-refractivity contribution >= 4 is 23.4 Å². The van der Waals surface area contributed by atoms with E-state index >= 15 is 0 Å². The number of nitrogens with one attached hydrogen (secondary N) is 1. The molecule has 0 radical (unpaired) electrons. The molecule has 1 aliphatic rings. The van der Waals surface area contributed by atoms with Crippen molar-refractivity contribution in [2.75, 3.05) is 37.7 Å². The first-order chi connectivity index (χ1) is 14.1. The fourth-order valence-electron chi connectivity index (χ4n) is 3.18. The topological polar surface area (TPSA) is 79.0 Å². The lowest BCUT2D eigenvalue weighted by Crippen LogP contribution is -2.56. The zero-order valence-corrected chi connectivity index (χ0v) is 16.5. The Balaban J connectivity index is 1.49. The summed E-state index contributed by atoms with van der Waals surface area (Å²) in [5.74, 6) is -0.849. The van der Waals surface area contributed by atoms with Crippen LogP contribution in [0.3, 0.4) is 0 Å². The molecule has 1 saturated heterocycles. The first kappa shape index (κ1) is 20.4. The molecule has 3 amide bonds. The van der Waals surface area contributed by atoms with Crippen LogP contribution in [0.25, 0.3) is 0 Å². The molecule has 1 aliphatic heterocycles. The second-order valence-corrected chi connectivity index (χ2v) is 6.70. The third kappa shape index (κ3) is 5.34. The maximum absolute atomic E-state index is 12.5. The zero-order valence-electron chi connectivity index (χ0n) is 16.5. The molecule has 1 fully saturated rings. The molecule has 1 heterocycles. The van der Waals surface area contributed by atoms with Crippen LogP contribution in [0.4, 0.5) is 5.69 Å². The first-order valence-electron chi connectivity index (χ1n) is 9.72. The van der Waals surface area contributed by atoms with Crippen LogP contribution >= 0.6 is 0 Å². The smallest absolute Gasteiger partial charge is 0.316 e. The van der Waals surface area contributed by atoms with Gasteiger partial charge in [0.1, 0.15) is 12.3 Å². The minimum atomic E-state index is -0.664. The van der Waals surface area contributed by atoms with Gasteiger partial charge in [-0.1, -0.05) is 30.3 Å². The van der Waals surface area contributed by atoms with Gasteiger partial charge in [0, 0.05) is 25.3 Å². The van der Waals surface area contributed by atoms with Crippen LogP contribution in [0, 0.1) is 0 Å². The van der Waals surface area contributed by atoms with Gasteiger partial charge in [0.25, 0.3) is 0 Å². The van der Waals surface area contributed by atoms with Gasteiger partial charge in [-0.15, -0.1) is 0 Å². The SMILES string of the molecule is CCOc1ccc(N2CCN(CC(=O)NCCc3ccccc3)C(=O)C2=O)cc1. The number of benzene rings is 2. The molecule has 0 spiro atoms. The molecular formula is C22H25N3O4. The monoisotopic (exact) mass is 395 g/mol. The van der Waals surface area contributed by atoms with Gasteiger partial charge in [0.15, 0.2) is 0 Å². The summed E-state index contributed by atoms with van der Waals surface area (Å²) >= 11 is 0. The first-order valence-corrected chi connectivity index (χ1v) is 9.72. The summed E-state index contributed by atoms with van der Waals surface area (Å²) in [6.07, 6.45) is 0.713. The predicted molar refractivity (Wildman–Crippen MR) is 110 cm³/mol. The van der Waals surface area contributed by atoms with Gasteiger partial charge in [-0.2, -0.15) is 0 Å². The largest absolute Gasteiger partial charge is 0.494 e. The highest BCUT2D eigenvalue weighted by Crippen LogP contribution is 2.21. The van der Waals surface area contributed by atoms with E-state index in [1.807, 2.05) is 37.3 Å². The van der Waals surface area contributed by atoms with Crippen LogP contribution in [0.1, 0.15) is 12.5 Å². The van der Waals surface area contributed by atoms with Crippen LogP contribution in [0.15, 0.2) is 54.6 Å². The van der Waals surface area contributed by atoms with E-state index in [1.54, 1.807) is 24.3 Å². The molecule has 2 aromatic carbocycles. The lowest BCUT2D eigenvalue weighted by atomic mass is 10.1. The fraction of sp³-hybridized carbons (Fsp3) is 0.318. The number of ether oxygens (including phenoxy) is 1. The van der Waals surface area contributed by atoms with Gasteiger partial charge in [-0.3, -0.25) is 14.4 Å². The molecule has 0 bridgehead atoms. The normalized spacial score (nSPS) is 14.1. The number of hydrogen-bond acceptors (Lipinski definition) is 4. The van der Waals surface area contributed by atoms with E-state index in [0.29, 0.717) is 44.1 Å². The predicted octanol–water partition coefficient (Wildman–Crippen LogP) is 1.62. The summed E-state index contributed by atoms with van der Waals surface area (Å²) in [5.41, 5.74) is 1.77. The average Bonchev–Trinajstić information content (AvgIpc) is 2.73. The highest BCUT2D eigenvalue weighted by atomic mass is 16.5. The van der Waals surface area contributed by atoms with E-state index in [2.05, 4.69) is 5.32 Å². The van der Waals surface area contributed by atoms with Crippen molar-refractivity contribution in [3.63, 3.8) is 0 Å². The Kier molecular flexibility index (Phi) is 6.84. The maximum Gasteiger partial charge on any atom is 0.316 e. The number of piperazine rings is 1. The van der Waals surface area contributed by atoms with Gasteiger partial charge in [0.2, 0.25) is 5.91 Å². The molecule has 0 aliphatic carbocycles. The second-order valence-electron chi connectivity index (χ2n) is 6.70. The van der Waals surface area contributed by atoms with Crippen molar-refractivity contribution < 1.29 is 19.1 Å². The van der Waals surface area contributed by atoms with Crippen LogP contribution < -0.4 is 15.0 Å². The standard InChI is InChI=1S/C22H25N3O4/c1-2-29-19-10-8-18(9-11-19)25-15-14-24(21(27)22(25)28)16-20(26)23-13-12-17-6-4-3-5-7-17/h3-11H,2,12-16H2,1H3,(H,23,26). The Morgan fingerprint density at radius 2 is 1.72 bits per heavy atom. The number of anilines is 1. The molecule has 3 rings (SSSR count). The van der Waals surface area contributed by atoms with Crippen LogP contribution in [-0.2, 0) is 20.8 Å². The number of carbonyl (C=O) groups is 3. The Labute approximate surface area is 170 Å². The Morgan fingerprint density at radius 3 is 2.41 bits per heavy atom. The minimum absolute atomic E-state index is 0.115. The van der Waals surface area contributed by atoms with Crippen molar-refractivity contribution in [1.29, 1.82) is 0 Å². The summed E-state index contributed by atoms with van der Waals surface area (Å²) in [4.78, 5) is 39.8. The van der Waals surface area contributed by atoms with Gasteiger partial charge < -0.3 is 19.9 Å². The van der Waals surface area contributed by atoms with Crippen LogP contribution in [0.5, 0.6) is 5.75 Å². The number of hydrogen-bond donors (Lipinski definition) is 1. The summed E-state index contributed by atoms with van der Waals surface area (Å²) in [6, 6.07) is 16.9. The molecule has 0 saturated carbocycles. The molecule has 1 N–H and O–H groups in total. The Bertz CT molecular complexity index is 852. The molecule has 7 heteroatoms. The van der Waals surface area contributed by atoms with Crippen molar-refractivity contribution in [2.24, 2.45) is 0 Å². The molecule has 7 nitrogen and oxygen atoms in total. The van der Waals surface area contributed by atoms with E-state index in [9.17, 15) is 14.4 Å². The average molecular weight is 395 g/mol. The number of amides is 3. The third-order valence-corrected chi connectivity index (χ3v) is 4.68. The van der Waals surface area contributed by atoms with Crippen LogP contribution in [-0.4, -0.2) is 55.4 Å². The minimum Gasteiger partial charge on any atom is -0.494 e. The van der Waals surface area contributed by atoms with Gasteiger partial charge in [-0.25, -0.2) is 0 Å². The molecule has 152 valence electrons. The summed E-state index contributed by atoms with van der Waals surface area (Å²) in [5, 5.41) is 2.80. The quantitative estimate of drug-likeness (QED) is 0.689. The van der Waals surface area contributed by atoms with E-state index in [4.69, 9.17) is 4.74 Å². The van der Waals surface area contributed by atoms with Crippen molar-refractivity contribution in [3.8, 4) is 5.75 Å². The lowest BCUT2D eigenvalue weighted by Gasteiger charge is -2.33. The van der Waals surface area contributed by atoms with Crippen LogP contribution in [0.2, 0.25) is 0 Å². The summed E-state index contributed by atoms with van der Waals surface area (Å²) in [6.45, 7) is 3.48. The van der Waals surface area contributed by atoms with E-state index < -0.39 is 11.8 Å². The maximum atomic E-state index is 12.5. The number of nitrogens with zero attached hydrogens (tertiary/aromatic N) is 2. The lowest BCUT2D eigenvalue weighted by molar-refractivity contribution is -0.147. The fourth-order valence-corrected chi connectivity index (χ4v) is 3.18. The molecule has 0 aromatic heterocycles. The zero-order chi connectivity index (χ0) is 20.6. The van der Waals surface area contributed by atoms with Gasteiger partial charge >= 0.3 is 11.8 Å².